The lowest BCUT2D eigenvalue weighted by atomic mass is 10.0. The largest absolute Gasteiger partial charge is 0.494 e. The van der Waals surface area contributed by atoms with Crippen molar-refractivity contribution in [3.8, 4) is 11.5 Å². The highest BCUT2D eigenvalue weighted by Crippen LogP contribution is 2.19. The van der Waals surface area contributed by atoms with Gasteiger partial charge in [0.05, 0.1) is 6.61 Å². The van der Waals surface area contributed by atoms with Gasteiger partial charge in [0.25, 0.3) is 0 Å². The standard InChI is InChI=1S/C17H28N2O2/c1-3-11-20-16-4-6-17(7-5-16)21-12-10-19-9-8-15(13-19)14(2)18/h4-7,14-15H,3,8-13,18H2,1-2H3. The first-order valence-electron chi connectivity index (χ1n) is 8.02. The van der Waals surface area contributed by atoms with E-state index in [4.69, 9.17) is 15.2 Å². The van der Waals surface area contributed by atoms with Crippen molar-refractivity contribution in [2.24, 2.45) is 11.7 Å². The number of benzene rings is 1. The lowest BCUT2D eigenvalue weighted by Crippen LogP contribution is -2.31. The van der Waals surface area contributed by atoms with Crippen molar-refractivity contribution < 1.29 is 9.47 Å². The fourth-order valence-corrected chi connectivity index (χ4v) is 2.64. The summed E-state index contributed by atoms with van der Waals surface area (Å²) in [6.45, 7) is 8.90. The fourth-order valence-electron chi connectivity index (χ4n) is 2.64. The average molecular weight is 292 g/mol. The van der Waals surface area contributed by atoms with Crippen LogP contribution in [0.3, 0.4) is 0 Å². The Morgan fingerprint density at radius 3 is 2.33 bits per heavy atom. The van der Waals surface area contributed by atoms with Crippen molar-refractivity contribution >= 4 is 0 Å². The quantitative estimate of drug-likeness (QED) is 0.800. The van der Waals surface area contributed by atoms with E-state index in [1.807, 2.05) is 24.3 Å². The van der Waals surface area contributed by atoms with Gasteiger partial charge in [-0.15, -0.1) is 0 Å². The summed E-state index contributed by atoms with van der Waals surface area (Å²) in [5.74, 6) is 2.45. The molecule has 2 atom stereocenters. The maximum absolute atomic E-state index is 5.96. The van der Waals surface area contributed by atoms with Crippen molar-refractivity contribution in [1.82, 2.24) is 4.90 Å². The Morgan fingerprint density at radius 2 is 1.81 bits per heavy atom. The van der Waals surface area contributed by atoms with E-state index in [0.29, 0.717) is 12.0 Å². The molecule has 1 heterocycles. The number of likely N-dealkylation sites (tertiary alicyclic amines) is 1. The molecule has 1 saturated heterocycles. The highest BCUT2D eigenvalue weighted by atomic mass is 16.5. The van der Waals surface area contributed by atoms with Gasteiger partial charge in [0, 0.05) is 19.1 Å². The second-order valence-corrected chi connectivity index (χ2v) is 5.88. The lowest BCUT2D eigenvalue weighted by molar-refractivity contribution is 0.230. The Balaban J connectivity index is 1.67. The summed E-state index contributed by atoms with van der Waals surface area (Å²) in [6.07, 6.45) is 2.23. The molecule has 0 amide bonds. The molecule has 0 bridgehead atoms. The van der Waals surface area contributed by atoms with Gasteiger partial charge in [0.2, 0.25) is 0 Å². The zero-order chi connectivity index (χ0) is 15.1. The van der Waals surface area contributed by atoms with Gasteiger partial charge < -0.3 is 15.2 Å². The van der Waals surface area contributed by atoms with Crippen LogP contribution >= 0.6 is 0 Å². The van der Waals surface area contributed by atoms with E-state index in [2.05, 4.69) is 18.7 Å². The molecule has 2 N–H and O–H groups in total. The predicted molar refractivity (Wildman–Crippen MR) is 85.9 cm³/mol. The minimum absolute atomic E-state index is 0.298. The molecule has 1 aliphatic rings. The Kier molecular flexibility index (Phi) is 6.33. The second kappa shape index (κ2) is 8.25. The zero-order valence-corrected chi connectivity index (χ0v) is 13.3. The maximum Gasteiger partial charge on any atom is 0.119 e. The van der Waals surface area contributed by atoms with Gasteiger partial charge >= 0.3 is 0 Å². The van der Waals surface area contributed by atoms with Crippen LogP contribution in [0.2, 0.25) is 0 Å². The summed E-state index contributed by atoms with van der Waals surface area (Å²) in [5, 5.41) is 0. The molecule has 4 nitrogen and oxygen atoms in total. The Hall–Kier alpha value is -1.26. The van der Waals surface area contributed by atoms with E-state index < -0.39 is 0 Å². The topological polar surface area (TPSA) is 47.7 Å². The molecule has 2 unspecified atom stereocenters. The van der Waals surface area contributed by atoms with Crippen molar-refractivity contribution in [2.75, 3.05) is 32.8 Å². The molecule has 4 heteroatoms. The van der Waals surface area contributed by atoms with E-state index in [-0.39, 0.29) is 0 Å². The molecule has 0 aromatic heterocycles. The van der Waals surface area contributed by atoms with Crippen molar-refractivity contribution in [3.05, 3.63) is 24.3 Å². The Bertz CT molecular complexity index is 406. The molecule has 1 aliphatic heterocycles. The molecule has 0 spiro atoms. The minimum Gasteiger partial charge on any atom is -0.494 e. The maximum atomic E-state index is 5.96. The van der Waals surface area contributed by atoms with Crippen LogP contribution in [0.15, 0.2) is 24.3 Å². The van der Waals surface area contributed by atoms with Crippen LogP contribution in [-0.4, -0.2) is 43.8 Å². The third-order valence-electron chi connectivity index (χ3n) is 4.03. The Morgan fingerprint density at radius 1 is 1.19 bits per heavy atom. The number of hydrogen-bond acceptors (Lipinski definition) is 4. The van der Waals surface area contributed by atoms with Gasteiger partial charge in [-0.2, -0.15) is 0 Å². The first-order chi connectivity index (χ1) is 10.2. The lowest BCUT2D eigenvalue weighted by Gasteiger charge is -2.18. The summed E-state index contributed by atoms with van der Waals surface area (Å²) in [4.78, 5) is 2.44. The number of rotatable bonds is 8. The zero-order valence-electron chi connectivity index (χ0n) is 13.3. The molecule has 1 fully saturated rings. The molecule has 21 heavy (non-hydrogen) atoms. The molecule has 2 rings (SSSR count). The van der Waals surface area contributed by atoms with Crippen molar-refractivity contribution in [1.29, 1.82) is 0 Å². The van der Waals surface area contributed by atoms with Gasteiger partial charge in [-0.25, -0.2) is 0 Å². The van der Waals surface area contributed by atoms with E-state index >= 15 is 0 Å². The van der Waals surface area contributed by atoms with Crippen LogP contribution < -0.4 is 15.2 Å². The number of ether oxygens (including phenoxy) is 2. The van der Waals surface area contributed by atoms with Gasteiger partial charge in [0.15, 0.2) is 0 Å². The summed E-state index contributed by atoms with van der Waals surface area (Å²) >= 11 is 0. The van der Waals surface area contributed by atoms with Crippen LogP contribution in [0.4, 0.5) is 0 Å². The number of nitrogens with zero attached hydrogens (tertiary/aromatic N) is 1. The normalized spacial score (nSPS) is 20.4. The summed E-state index contributed by atoms with van der Waals surface area (Å²) < 4.78 is 11.3. The summed E-state index contributed by atoms with van der Waals surface area (Å²) in [7, 11) is 0. The third kappa shape index (κ3) is 5.21. The first kappa shape index (κ1) is 16.1. The van der Waals surface area contributed by atoms with Gasteiger partial charge in [0.1, 0.15) is 18.1 Å². The number of nitrogens with two attached hydrogens (primary N) is 1. The molecular formula is C17H28N2O2. The summed E-state index contributed by atoms with van der Waals surface area (Å²) in [5.41, 5.74) is 5.96. The first-order valence-corrected chi connectivity index (χ1v) is 8.02. The predicted octanol–water partition coefficient (Wildman–Crippen LogP) is 2.52. The van der Waals surface area contributed by atoms with Gasteiger partial charge in [-0.05, 0) is 56.5 Å². The molecule has 0 saturated carbocycles. The van der Waals surface area contributed by atoms with Crippen molar-refractivity contribution in [2.45, 2.75) is 32.7 Å². The second-order valence-electron chi connectivity index (χ2n) is 5.88. The highest BCUT2D eigenvalue weighted by molar-refractivity contribution is 5.31. The van der Waals surface area contributed by atoms with Gasteiger partial charge in [-0.1, -0.05) is 6.92 Å². The van der Waals surface area contributed by atoms with E-state index in [1.54, 1.807) is 0 Å². The van der Waals surface area contributed by atoms with E-state index in [0.717, 1.165) is 50.8 Å². The van der Waals surface area contributed by atoms with Gasteiger partial charge in [-0.3, -0.25) is 4.90 Å². The van der Waals surface area contributed by atoms with Crippen LogP contribution in [0.5, 0.6) is 11.5 Å². The molecular weight excluding hydrogens is 264 g/mol. The van der Waals surface area contributed by atoms with Crippen LogP contribution in [-0.2, 0) is 0 Å². The third-order valence-corrected chi connectivity index (χ3v) is 4.03. The van der Waals surface area contributed by atoms with Crippen molar-refractivity contribution in [3.63, 3.8) is 0 Å². The van der Waals surface area contributed by atoms with E-state index in [9.17, 15) is 0 Å². The molecule has 0 aliphatic carbocycles. The monoisotopic (exact) mass is 292 g/mol. The molecule has 118 valence electrons. The van der Waals surface area contributed by atoms with E-state index in [1.165, 1.54) is 6.42 Å². The minimum atomic E-state index is 0.298. The molecule has 0 radical (unpaired) electrons. The summed E-state index contributed by atoms with van der Waals surface area (Å²) in [6, 6.07) is 8.17. The Labute approximate surface area is 128 Å². The fraction of sp³-hybridized carbons (Fsp3) is 0.647. The molecule has 1 aromatic carbocycles. The van der Waals surface area contributed by atoms with Crippen LogP contribution in [0.25, 0.3) is 0 Å². The highest BCUT2D eigenvalue weighted by Gasteiger charge is 2.24. The van der Waals surface area contributed by atoms with Crippen LogP contribution in [0.1, 0.15) is 26.7 Å². The SMILES string of the molecule is CCCOc1ccc(OCCN2CCC(C(C)N)C2)cc1. The average Bonchev–Trinajstić information content (AvgIpc) is 2.95. The van der Waals surface area contributed by atoms with Crippen LogP contribution in [0, 0.1) is 5.92 Å². The number of hydrogen-bond donors (Lipinski definition) is 1. The smallest absolute Gasteiger partial charge is 0.119 e. The molecule has 1 aromatic rings.